The summed E-state index contributed by atoms with van der Waals surface area (Å²) in [4.78, 5) is 12.4. The van der Waals surface area contributed by atoms with E-state index in [0.717, 1.165) is 48.1 Å². The number of carbonyl (C=O) groups is 1. The molecular formula is C15H15N5O. The zero-order valence-corrected chi connectivity index (χ0v) is 11.5. The van der Waals surface area contributed by atoms with E-state index in [1.807, 2.05) is 16.8 Å². The van der Waals surface area contributed by atoms with Gasteiger partial charge < -0.3 is 5.32 Å². The highest BCUT2D eigenvalue weighted by Crippen LogP contribution is 2.23. The lowest BCUT2D eigenvalue weighted by molar-refractivity contribution is 0.102. The zero-order chi connectivity index (χ0) is 14.2. The second-order valence-corrected chi connectivity index (χ2v) is 5.31. The number of hydrogen-bond donors (Lipinski definition) is 2. The second kappa shape index (κ2) is 4.73. The highest BCUT2D eigenvalue weighted by molar-refractivity contribution is 6.06. The standard InChI is InChI=1S/C15H15N5O/c21-15(10-4-5-12-11(7-10)8-16-19-12)18-13-9-17-20-6-2-1-3-14(13)20/h4-5,7-9H,1-3,6H2,(H,16,19)(H,18,21). The van der Waals surface area contributed by atoms with Crippen molar-refractivity contribution in [3.05, 3.63) is 41.9 Å². The van der Waals surface area contributed by atoms with Crippen LogP contribution in [0.1, 0.15) is 28.9 Å². The van der Waals surface area contributed by atoms with E-state index in [-0.39, 0.29) is 5.91 Å². The minimum atomic E-state index is -0.112. The molecule has 0 bridgehead atoms. The van der Waals surface area contributed by atoms with Gasteiger partial charge in [-0.2, -0.15) is 10.2 Å². The van der Waals surface area contributed by atoms with Gasteiger partial charge in [0.25, 0.3) is 5.91 Å². The molecule has 6 nitrogen and oxygen atoms in total. The number of nitrogens with one attached hydrogen (secondary N) is 2. The van der Waals surface area contributed by atoms with Crippen LogP contribution < -0.4 is 5.32 Å². The number of hydrogen-bond acceptors (Lipinski definition) is 3. The van der Waals surface area contributed by atoms with Gasteiger partial charge in [-0.3, -0.25) is 14.6 Å². The molecule has 0 aliphatic carbocycles. The molecule has 0 atom stereocenters. The van der Waals surface area contributed by atoms with Gasteiger partial charge in [0.1, 0.15) is 0 Å². The summed E-state index contributed by atoms with van der Waals surface area (Å²) in [6.45, 7) is 0.937. The summed E-state index contributed by atoms with van der Waals surface area (Å²) in [6.07, 6.45) is 6.73. The molecule has 0 fully saturated rings. The molecule has 0 saturated heterocycles. The van der Waals surface area contributed by atoms with Gasteiger partial charge in [-0.05, 0) is 37.5 Å². The number of benzene rings is 1. The summed E-state index contributed by atoms with van der Waals surface area (Å²) in [7, 11) is 0. The molecule has 106 valence electrons. The van der Waals surface area contributed by atoms with Crippen LogP contribution in [0, 0.1) is 0 Å². The maximum absolute atomic E-state index is 12.4. The number of fused-ring (bicyclic) bond motifs is 2. The van der Waals surface area contributed by atoms with Crippen molar-refractivity contribution in [3.63, 3.8) is 0 Å². The fourth-order valence-electron chi connectivity index (χ4n) is 2.80. The van der Waals surface area contributed by atoms with Crippen molar-refractivity contribution in [1.82, 2.24) is 20.0 Å². The number of anilines is 1. The third-order valence-electron chi connectivity index (χ3n) is 3.93. The van der Waals surface area contributed by atoms with E-state index >= 15 is 0 Å². The Kier molecular flexibility index (Phi) is 2.73. The molecule has 2 aromatic heterocycles. The average Bonchev–Trinajstić information content (AvgIpc) is 3.13. The zero-order valence-electron chi connectivity index (χ0n) is 11.5. The first-order valence-electron chi connectivity index (χ1n) is 7.10. The van der Waals surface area contributed by atoms with Gasteiger partial charge in [0.05, 0.1) is 29.3 Å². The van der Waals surface area contributed by atoms with E-state index in [1.54, 1.807) is 18.5 Å². The number of carbonyl (C=O) groups excluding carboxylic acids is 1. The summed E-state index contributed by atoms with van der Waals surface area (Å²) >= 11 is 0. The molecule has 4 rings (SSSR count). The summed E-state index contributed by atoms with van der Waals surface area (Å²) in [5.41, 5.74) is 3.50. The molecular weight excluding hydrogens is 266 g/mol. The summed E-state index contributed by atoms with van der Waals surface area (Å²) in [6, 6.07) is 5.50. The number of H-pyrrole nitrogens is 1. The highest BCUT2D eigenvalue weighted by atomic mass is 16.1. The van der Waals surface area contributed by atoms with Crippen LogP contribution in [0.25, 0.3) is 10.9 Å². The molecule has 3 aromatic rings. The number of rotatable bonds is 2. The van der Waals surface area contributed by atoms with Crippen LogP contribution in [0.5, 0.6) is 0 Å². The molecule has 1 amide bonds. The first-order chi connectivity index (χ1) is 10.3. The van der Waals surface area contributed by atoms with Gasteiger partial charge in [-0.25, -0.2) is 0 Å². The van der Waals surface area contributed by atoms with Crippen LogP contribution in [0.4, 0.5) is 5.69 Å². The van der Waals surface area contributed by atoms with Crippen molar-refractivity contribution >= 4 is 22.5 Å². The molecule has 1 aliphatic heterocycles. The predicted molar refractivity (Wildman–Crippen MR) is 79.2 cm³/mol. The molecule has 0 spiro atoms. The minimum absolute atomic E-state index is 0.112. The van der Waals surface area contributed by atoms with Crippen LogP contribution in [0.2, 0.25) is 0 Å². The van der Waals surface area contributed by atoms with Gasteiger partial charge in [-0.15, -0.1) is 0 Å². The number of aryl methyl sites for hydroxylation is 1. The van der Waals surface area contributed by atoms with Crippen LogP contribution in [-0.2, 0) is 13.0 Å². The predicted octanol–water partition coefficient (Wildman–Crippen LogP) is 2.35. The Morgan fingerprint density at radius 1 is 1.29 bits per heavy atom. The van der Waals surface area contributed by atoms with Crippen molar-refractivity contribution in [1.29, 1.82) is 0 Å². The lowest BCUT2D eigenvalue weighted by Gasteiger charge is -2.14. The monoisotopic (exact) mass is 281 g/mol. The average molecular weight is 281 g/mol. The Labute approximate surface area is 121 Å². The quantitative estimate of drug-likeness (QED) is 0.757. The van der Waals surface area contributed by atoms with Crippen molar-refractivity contribution in [2.75, 3.05) is 5.32 Å². The lowest BCUT2D eigenvalue weighted by atomic mass is 10.1. The largest absolute Gasteiger partial charge is 0.319 e. The van der Waals surface area contributed by atoms with Crippen molar-refractivity contribution in [3.8, 4) is 0 Å². The molecule has 3 heterocycles. The molecule has 2 N–H and O–H groups in total. The van der Waals surface area contributed by atoms with E-state index < -0.39 is 0 Å². The molecule has 0 unspecified atom stereocenters. The summed E-state index contributed by atoms with van der Waals surface area (Å²) in [5.74, 6) is -0.112. The van der Waals surface area contributed by atoms with Crippen LogP contribution in [-0.4, -0.2) is 25.9 Å². The first kappa shape index (κ1) is 12.1. The van der Waals surface area contributed by atoms with E-state index in [2.05, 4.69) is 20.6 Å². The Hall–Kier alpha value is -2.63. The van der Waals surface area contributed by atoms with Crippen molar-refractivity contribution in [2.45, 2.75) is 25.8 Å². The minimum Gasteiger partial charge on any atom is -0.319 e. The smallest absolute Gasteiger partial charge is 0.255 e. The molecule has 1 aliphatic rings. The number of amides is 1. The van der Waals surface area contributed by atoms with Crippen LogP contribution in [0.3, 0.4) is 0 Å². The topological polar surface area (TPSA) is 75.6 Å². The van der Waals surface area contributed by atoms with E-state index in [4.69, 9.17) is 0 Å². The molecule has 1 aromatic carbocycles. The van der Waals surface area contributed by atoms with E-state index in [0.29, 0.717) is 5.56 Å². The Morgan fingerprint density at radius 3 is 3.19 bits per heavy atom. The Morgan fingerprint density at radius 2 is 2.24 bits per heavy atom. The highest BCUT2D eigenvalue weighted by Gasteiger charge is 2.17. The van der Waals surface area contributed by atoms with Crippen LogP contribution in [0.15, 0.2) is 30.6 Å². The maximum Gasteiger partial charge on any atom is 0.255 e. The van der Waals surface area contributed by atoms with Gasteiger partial charge >= 0.3 is 0 Å². The van der Waals surface area contributed by atoms with Gasteiger partial charge in [0.2, 0.25) is 0 Å². The first-order valence-corrected chi connectivity index (χ1v) is 7.10. The van der Waals surface area contributed by atoms with Gasteiger partial charge in [0, 0.05) is 17.5 Å². The lowest BCUT2D eigenvalue weighted by Crippen LogP contribution is -2.16. The molecule has 0 radical (unpaired) electrons. The molecule has 0 saturated carbocycles. The Balaban J connectivity index is 1.61. The molecule has 6 heteroatoms. The fraction of sp³-hybridized carbons (Fsp3) is 0.267. The number of aromatic nitrogens is 4. The maximum atomic E-state index is 12.4. The fourth-order valence-corrected chi connectivity index (χ4v) is 2.80. The van der Waals surface area contributed by atoms with Crippen molar-refractivity contribution < 1.29 is 4.79 Å². The third kappa shape index (κ3) is 2.08. The SMILES string of the molecule is O=C(Nc1cnn2c1CCCC2)c1ccc2[nH]ncc2c1. The third-order valence-corrected chi connectivity index (χ3v) is 3.93. The van der Waals surface area contributed by atoms with E-state index in [9.17, 15) is 4.79 Å². The van der Waals surface area contributed by atoms with Crippen LogP contribution >= 0.6 is 0 Å². The number of aromatic amines is 1. The summed E-state index contributed by atoms with van der Waals surface area (Å²) < 4.78 is 1.98. The van der Waals surface area contributed by atoms with Gasteiger partial charge in [0.15, 0.2) is 0 Å². The van der Waals surface area contributed by atoms with Gasteiger partial charge in [-0.1, -0.05) is 0 Å². The molecule has 21 heavy (non-hydrogen) atoms. The second-order valence-electron chi connectivity index (χ2n) is 5.31. The normalized spacial score (nSPS) is 14.1. The summed E-state index contributed by atoms with van der Waals surface area (Å²) in [5, 5.41) is 15.1. The van der Waals surface area contributed by atoms with E-state index in [1.165, 1.54) is 0 Å². The van der Waals surface area contributed by atoms with Crippen molar-refractivity contribution in [2.24, 2.45) is 0 Å². The Bertz CT molecular complexity index is 816. The number of nitrogens with zero attached hydrogens (tertiary/aromatic N) is 3.